The summed E-state index contributed by atoms with van der Waals surface area (Å²) >= 11 is 0. The van der Waals surface area contributed by atoms with Gasteiger partial charge in [0.2, 0.25) is 0 Å². The van der Waals surface area contributed by atoms with Gasteiger partial charge in [-0.3, -0.25) is 0 Å². The number of rotatable bonds is 7. The molecule has 0 aliphatic heterocycles. The molecule has 1 unspecified atom stereocenters. The molecule has 16 heavy (non-hydrogen) atoms. The molecule has 0 aromatic heterocycles. The third kappa shape index (κ3) is 3.74. The van der Waals surface area contributed by atoms with Crippen LogP contribution in [-0.2, 0) is 0 Å². The molecule has 1 rings (SSSR count). The lowest BCUT2D eigenvalue weighted by Gasteiger charge is -2.17. The predicted octanol–water partition coefficient (Wildman–Crippen LogP) is 2.46. The first-order valence-corrected chi connectivity index (χ1v) is 5.74. The van der Waals surface area contributed by atoms with Gasteiger partial charge in [-0.15, -0.1) is 0 Å². The average Bonchev–Trinajstić information content (AvgIpc) is 2.34. The quantitative estimate of drug-likeness (QED) is 0.770. The van der Waals surface area contributed by atoms with Gasteiger partial charge in [-0.05, 0) is 25.6 Å². The van der Waals surface area contributed by atoms with Crippen LogP contribution in [0.4, 0.5) is 0 Å². The van der Waals surface area contributed by atoms with Crippen LogP contribution in [-0.4, -0.2) is 26.8 Å². The van der Waals surface area contributed by atoms with Crippen LogP contribution in [0, 0.1) is 0 Å². The van der Waals surface area contributed by atoms with Crippen molar-refractivity contribution in [3.63, 3.8) is 0 Å². The molecule has 90 valence electrons. The first kappa shape index (κ1) is 12.8. The van der Waals surface area contributed by atoms with E-state index in [1.54, 1.807) is 7.11 Å². The largest absolute Gasteiger partial charge is 0.493 e. The fourth-order valence-corrected chi connectivity index (χ4v) is 1.59. The molecule has 0 saturated carbocycles. The van der Waals surface area contributed by atoms with Gasteiger partial charge in [0.1, 0.15) is 6.61 Å². The molecule has 0 fully saturated rings. The summed E-state index contributed by atoms with van der Waals surface area (Å²) in [7, 11) is 3.62. The Morgan fingerprint density at radius 2 is 1.94 bits per heavy atom. The van der Waals surface area contributed by atoms with Crippen molar-refractivity contribution in [1.82, 2.24) is 5.32 Å². The van der Waals surface area contributed by atoms with Gasteiger partial charge in [0, 0.05) is 6.04 Å². The molecular weight excluding hydrogens is 202 g/mol. The molecule has 1 aromatic rings. The number of ether oxygens (including phenoxy) is 2. The average molecular weight is 223 g/mol. The highest BCUT2D eigenvalue weighted by molar-refractivity contribution is 5.39. The molecular formula is C13H21NO2. The highest BCUT2D eigenvalue weighted by atomic mass is 16.5. The molecule has 0 aliphatic carbocycles. The summed E-state index contributed by atoms with van der Waals surface area (Å²) in [5.74, 6) is 1.59. The van der Waals surface area contributed by atoms with E-state index in [-0.39, 0.29) is 0 Å². The van der Waals surface area contributed by atoms with Gasteiger partial charge in [0.15, 0.2) is 11.5 Å². The van der Waals surface area contributed by atoms with Crippen LogP contribution in [0.5, 0.6) is 11.5 Å². The second-order valence-electron chi connectivity index (χ2n) is 3.74. The van der Waals surface area contributed by atoms with Crippen molar-refractivity contribution in [2.45, 2.75) is 25.8 Å². The maximum atomic E-state index is 5.75. The van der Waals surface area contributed by atoms with Crippen LogP contribution in [0.15, 0.2) is 24.3 Å². The Hall–Kier alpha value is -1.22. The summed E-state index contributed by atoms with van der Waals surface area (Å²) < 4.78 is 11.0. The Morgan fingerprint density at radius 1 is 1.25 bits per heavy atom. The van der Waals surface area contributed by atoms with Gasteiger partial charge in [-0.2, -0.15) is 0 Å². The number of para-hydroxylation sites is 2. The minimum atomic E-state index is 0.398. The Balaban J connectivity index is 2.52. The zero-order valence-corrected chi connectivity index (χ0v) is 10.3. The molecule has 0 saturated heterocycles. The second-order valence-corrected chi connectivity index (χ2v) is 3.74. The number of likely N-dealkylation sites (N-methyl/N-ethyl adjacent to an activating group) is 1. The van der Waals surface area contributed by atoms with Crippen molar-refractivity contribution in [2.75, 3.05) is 20.8 Å². The minimum absolute atomic E-state index is 0.398. The van der Waals surface area contributed by atoms with E-state index in [0.29, 0.717) is 12.6 Å². The Bertz CT molecular complexity index is 302. The summed E-state index contributed by atoms with van der Waals surface area (Å²) in [5.41, 5.74) is 0. The van der Waals surface area contributed by atoms with E-state index in [0.717, 1.165) is 24.3 Å². The molecule has 3 heteroatoms. The lowest BCUT2D eigenvalue weighted by molar-refractivity contribution is 0.250. The molecule has 0 aliphatic rings. The van der Waals surface area contributed by atoms with Gasteiger partial charge in [-0.1, -0.05) is 25.5 Å². The Morgan fingerprint density at radius 3 is 2.50 bits per heavy atom. The molecule has 3 nitrogen and oxygen atoms in total. The highest BCUT2D eigenvalue weighted by Gasteiger charge is 2.08. The van der Waals surface area contributed by atoms with E-state index in [9.17, 15) is 0 Å². The second kappa shape index (κ2) is 7.12. The first-order chi connectivity index (χ1) is 7.81. The highest BCUT2D eigenvalue weighted by Crippen LogP contribution is 2.25. The SMILES string of the molecule is CCCC(COc1ccccc1OC)NC. The number of nitrogens with one attached hydrogen (secondary N) is 1. The number of benzene rings is 1. The van der Waals surface area contributed by atoms with Gasteiger partial charge in [-0.25, -0.2) is 0 Å². The van der Waals surface area contributed by atoms with Crippen LogP contribution < -0.4 is 14.8 Å². The first-order valence-electron chi connectivity index (χ1n) is 5.74. The zero-order chi connectivity index (χ0) is 11.8. The van der Waals surface area contributed by atoms with E-state index in [1.807, 2.05) is 31.3 Å². The fourth-order valence-electron chi connectivity index (χ4n) is 1.59. The van der Waals surface area contributed by atoms with Crippen molar-refractivity contribution < 1.29 is 9.47 Å². The van der Waals surface area contributed by atoms with Crippen LogP contribution in [0.3, 0.4) is 0 Å². The molecule has 1 atom stereocenters. The number of methoxy groups -OCH3 is 1. The Kier molecular flexibility index (Phi) is 5.72. The van der Waals surface area contributed by atoms with Crippen molar-refractivity contribution in [1.29, 1.82) is 0 Å². The summed E-state index contributed by atoms with van der Waals surface area (Å²) in [5, 5.41) is 3.24. The predicted molar refractivity (Wildman–Crippen MR) is 66.2 cm³/mol. The van der Waals surface area contributed by atoms with Gasteiger partial charge in [0.05, 0.1) is 7.11 Å². The molecule has 0 spiro atoms. The summed E-state index contributed by atoms with van der Waals surface area (Å²) in [6, 6.07) is 8.12. The van der Waals surface area contributed by atoms with Crippen LogP contribution >= 0.6 is 0 Å². The summed E-state index contributed by atoms with van der Waals surface area (Å²) in [6.45, 7) is 2.85. The topological polar surface area (TPSA) is 30.5 Å². The van der Waals surface area contributed by atoms with Crippen LogP contribution in [0.25, 0.3) is 0 Å². The van der Waals surface area contributed by atoms with Crippen molar-refractivity contribution >= 4 is 0 Å². The fraction of sp³-hybridized carbons (Fsp3) is 0.538. The maximum Gasteiger partial charge on any atom is 0.161 e. The van der Waals surface area contributed by atoms with Crippen LogP contribution in [0.2, 0.25) is 0 Å². The van der Waals surface area contributed by atoms with Crippen molar-refractivity contribution in [3.05, 3.63) is 24.3 Å². The molecule has 1 aromatic carbocycles. The van der Waals surface area contributed by atoms with Crippen molar-refractivity contribution in [2.24, 2.45) is 0 Å². The van der Waals surface area contributed by atoms with E-state index in [4.69, 9.17) is 9.47 Å². The smallest absolute Gasteiger partial charge is 0.161 e. The van der Waals surface area contributed by atoms with Gasteiger partial charge < -0.3 is 14.8 Å². The third-order valence-electron chi connectivity index (χ3n) is 2.55. The molecule has 0 amide bonds. The summed E-state index contributed by atoms with van der Waals surface area (Å²) in [4.78, 5) is 0. The molecule has 0 heterocycles. The summed E-state index contributed by atoms with van der Waals surface area (Å²) in [6.07, 6.45) is 2.27. The van der Waals surface area contributed by atoms with E-state index < -0.39 is 0 Å². The zero-order valence-electron chi connectivity index (χ0n) is 10.3. The minimum Gasteiger partial charge on any atom is -0.493 e. The standard InChI is InChI=1S/C13H21NO2/c1-4-7-11(14-2)10-16-13-9-6-5-8-12(13)15-3/h5-6,8-9,11,14H,4,7,10H2,1-3H3. The van der Waals surface area contributed by atoms with Crippen LogP contribution in [0.1, 0.15) is 19.8 Å². The van der Waals surface area contributed by atoms with Crippen molar-refractivity contribution in [3.8, 4) is 11.5 Å². The Labute approximate surface area is 97.8 Å². The van der Waals surface area contributed by atoms with E-state index in [1.165, 1.54) is 0 Å². The maximum absolute atomic E-state index is 5.75. The molecule has 1 N–H and O–H groups in total. The normalized spacial score (nSPS) is 12.2. The van der Waals surface area contributed by atoms with E-state index in [2.05, 4.69) is 12.2 Å². The monoisotopic (exact) mass is 223 g/mol. The number of hydrogen-bond acceptors (Lipinski definition) is 3. The molecule has 0 radical (unpaired) electrons. The third-order valence-corrected chi connectivity index (χ3v) is 2.55. The number of hydrogen-bond donors (Lipinski definition) is 1. The van der Waals surface area contributed by atoms with Gasteiger partial charge in [0.25, 0.3) is 0 Å². The van der Waals surface area contributed by atoms with Gasteiger partial charge >= 0.3 is 0 Å². The lowest BCUT2D eigenvalue weighted by Crippen LogP contribution is -2.31. The lowest BCUT2D eigenvalue weighted by atomic mass is 10.2. The van der Waals surface area contributed by atoms with E-state index >= 15 is 0 Å². The molecule has 0 bridgehead atoms.